The van der Waals surface area contributed by atoms with Crippen molar-refractivity contribution in [3.05, 3.63) is 37.2 Å². The first-order valence-corrected chi connectivity index (χ1v) is 8.44. The van der Waals surface area contributed by atoms with E-state index in [-0.39, 0.29) is 11.2 Å². The first kappa shape index (κ1) is 17.2. The molecule has 122 valence electrons. The van der Waals surface area contributed by atoms with Crippen LogP contribution in [0, 0.1) is 0 Å². The number of nitrogens with zero attached hydrogens (tertiary/aromatic N) is 4. The van der Waals surface area contributed by atoms with Crippen molar-refractivity contribution in [2.45, 2.75) is 37.2 Å². The highest BCUT2D eigenvalue weighted by atomic mass is 32.2. The van der Waals surface area contributed by atoms with E-state index < -0.39 is 0 Å². The van der Waals surface area contributed by atoms with Crippen LogP contribution in [-0.4, -0.2) is 37.5 Å². The Morgan fingerprint density at radius 3 is 2.83 bits per heavy atom. The molecule has 2 heterocycles. The smallest absolute Gasteiger partial charge is 0.233 e. The second-order valence-corrected chi connectivity index (χ2v) is 6.30. The second kappa shape index (κ2) is 8.47. The average molecular weight is 331 g/mol. The lowest BCUT2D eigenvalue weighted by Crippen LogP contribution is -2.31. The molecule has 6 nitrogen and oxygen atoms in total. The zero-order chi connectivity index (χ0) is 16.7. The Bertz CT molecular complexity index is 656. The molecule has 1 N–H and O–H groups in total. The third-order valence-corrected chi connectivity index (χ3v) is 4.25. The van der Waals surface area contributed by atoms with Crippen molar-refractivity contribution in [1.29, 1.82) is 0 Å². The van der Waals surface area contributed by atoms with Crippen molar-refractivity contribution in [2.24, 2.45) is 0 Å². The van der Waals surface area contributed by atoms with Crippen LogP contribution in [0.2, 0.25) is 0 Å². The van der Waals surface area contributed by atoms with Gasteiger partial charge in [-0.15, -0.1) is 16.8 Å². The number of carbonyl (C=O) groups is 1. The minimum absolute atomic E-state index is 0.00969. The van der Waals surface area contributed by atoms with Crippen molar-refractivity contribution >= 4 is 17.7 Å². The Morgan fingerprint density at radius 2 is 2.17 bits per heavy atom. The molecule has 1 atom stereocenters. The standard InChI is InChI=1S/C16H21N5OS/c1-4-8-18-15(22)12(3)23-16-20-19-14(21(16)11-5-2)13-6-9-17-10-7-13/h5-7,9-10,12H,2,4,8,11H2,1,3H3,(H,18,22). The number of hydrogen-bond donors (Lipinski definition) is 1. The molecular formula is C16H21N5OS. The zero-order valence-electron chi connectivity index (χ0n) is 13.4. The molecular weight excluding hydrogens is 310 g/mol. The molecule has 0 aliphatic heterocycles. The van der Waals surface area contributed by atoms with Gasteiger partial charge in [0.1, 0.15) is 0 Å². The summed E-state index contributed by atoms with van der Waals surface area (Å²) >= 11 is 1.40. The summed E-state index contributed by atoms with van der Waals surface area (Å²) in [6, 6.07) is 3.77. The number of amides is 1. The fraction of sp³-hybridized carbons (Fsp3) is 0.375. The van der Waals surface area contributed by atoms with E-state index in [0.717, 1.165) is 17.8 Å². The molecule has 2 aromatic heterocycles. The zero-order valence-corrected chi connectivity index (χ0v) is 14.2. The Kier molecular flexibility index (Phi) is 6.34. The van der Waals surface area contributed by atoms with Crippen molar-refractivity contribution in [3.63, 3.8) is 0 Å². The lowest BCUT2D eigenvalue weighted by atomic mass is 10.2. The molecule has 7 heteroatoms. The topological polar surface area (TPSA) is 72.7 Å². The normalized spacial score (nSPS) is 11.9. The summed E-state index contributed by atoms with van der Waals surface area (Å²) in [6.45, 7) is 8.95. The number of rotatable bonds is 8. The predicted octanol–water partition coefficient (Wildman–Crippen LogP) is 2.53. The van der Waals surface area contributed by atoms with Gasteiger partial charge in [-0.3, -0.25) is 14.3 Å². The van der Waals surface area contributed by atoms with Crippen LogP contribution < -0.4 is 5.32 Å². The van der Waals surface area contributed by atoms with Gasteiger partial charge in [0.15, 0.2) is 11.0 Å². The van der Waals surface area contributed by atoms with Crippen LogP contribution in [0.1, 0.15) is 20.3 Å². The maximum Gasteiger partial charge on any atom is 0.233 e. The van der Waals surface area contributed by atoms with Gasteiger partial charge in [0, 0.05) is 31.0 Å². The van der Waals surface area contributed by atoms with Gasteiger partial charge < -0.3 is 5.32 Å². The summed E-state index contributed by atoms with van der Waals surface area (Å²) in [5.74, 6) is 0.756. The van der Waals surface area contributed by atoms with E-state index in [9.17, 15) is 4.79 Å². The van der Waals surface area contributed by atoms with Crippen molar-refractivity contribution in [2.75, 3.05) is 6.54 Å². The molecule has 23 heavy (non-hydrogen) atoms. The van der Waals surface area contributed by atoms with Crippen LogP contribution in [0.3, 0.4) is 0 Å². The molecule has 0 fully saturated rings. The molecule has 0 saturated carbocycles. The molecule has 1 amide bonds. The average Bonchev–Trinajstić information content (AvgIpc) is 2.96. The number of hydrogen-bond acceptors (Lipinski definition) is 5. The summed E-state index contributed by atoms with van der Waals surface area (Å²) in [6.07, 6.45) is 6.15. The van der Waals surface area contributed by atoms with Crippen LogP contribution >= 0.6 is 11.8 Å². The van der Waals surface area contributed by atoms with Crippen LogP contribution in [0.15, 0.2) is 42.3 Å². The molecule has 2 rings (SSSR count). The van der Waals surface area contributed by atoms with Gasteiger partial charge in [-0.25, -0.2) is 0 Å². The quantitative estimate of drug-likeness (QED) is 0.594. The van der Waals surface area contributed by atoms with E-state index in [1.807, 2.05) is 30.5 Å². The number of nitrogens with one attached hydrogen (secondary N) is 1. The minimum Gasteiger partial charge on any atom is -0.355 e. The molecule has 2 aromatic rings. The fourth-order valence-corrected chi connectivity index (χ4v) is 2.87. The van der Waals surface area contributed by atoms with E-state index in [1.54, 1.807) is 18.5 Å². The van der Waals surface area contributed by atoms with Gasteiger partial charge in [-0.1, -0.05) is 24.8 Å². The van der Waals surface area contributed by atoms with E-state index in [4.69, 9.17) is 0 Å². The Morgan fingerprint density at radius 1 is 1.43 bits per heavy atom. The van der Waals surface area contributed by atoms with E-state index in [2.05, 4.69) is 27.1 Å². The van der Waals surface area contributed by atoms with E-state index in [1.165, 1.54) is 11.8 Å². The minimum atomic E-state index is -0.236. The first-order valence-electron chi connectivity index (χ1n) is 7.56. The number of allylic oxidation sites excluding steroid dienone is 1. The largest absolute Gasteiger partial charge is 0.355 e. The molecule has 0 aliphatic carbocycles. The fourth-order valence-electron chi connectivity index (χ4n) is 1.99. The molecule has 0 radical (unpaired) electrons. The van der Waals surface area contributed by atoms with E-state index >= 15 is 0 Å². The van der Waals surface area contributed by atoms with E-state index in [0.29, 0.717) is 18.2 Å². The Balaban J connectivity index is 2.21. The van der Waals surface area contributed by atoms with Gasteiger partial charge in [0.25, 0.3) is 0 Å². The van der Waals surface area contributed by atoms with Gasteiger partial charge in [0.05, 0.1) is 5.25 Å². The Labute approximate surface area is 140 Å². The monoisotopic (exact) mass is 331 g/mol. The number of aromatic nitrogens is 4. The summed E-state index contributed by atoms with van der Waals surface area (Å²) in [5, 5.41) is 11.9. The maximum atomic E-state index is 12.0. The highest BCUT2D eigenvalue weighted by Crippen LogP contribution is 2.26. The van der Waals surface area contributed by atoms with Crippen molar-refractivity contribution in [1.82, 2.24) is 25.1 Å². The number of carbonyl (C=O) groups excluding carboxylic acids is 1. The summed E-state index contributed by atoms with van der Waals surface area (Å²) in [7, 11) is 0. The molecule has 0 saturated heterocycles. The maximum absolute atomic E-state index is 12.0. The van der Waals surface area contributed by atoms with Crippen LogP contribution in [0.5, 0.6) is 0 Å². The SMILES string of the molecule is C=CCn1c(SC(C)C(=O)NCCC)nnc1-c1ccncc1. The summed E-state index contributed by atoms with van der Waals surface area (Å²) in [4.78, 5) is 16.1. The van der Waals surface area contributed by atoms with Gasteiger partial charge in [0.2, 0.25) is 5.91 Å². The van der Waals surface area contributed by atoms with Crippen LogP contribution in [0.4, 0.5) is 0 Å². The van der Waals surface area contributed by atoms with Crippen molar-refractivity contribution in [3.8, 4) is 11.4 Å². The lowest BCUT2D eigenvalue weighted by Gasteiger charge is -2.12. The summed E-state index contributed by atoms with van der Waals surface area (Å²) in [5.41, 5.74) is 0.935. The molecule has 1 unspecified atom stereocenters. The molecule has 0 aromatic carbocycles. The van der Waals surface area contributed by atoms with Crippen LogP contribution in [-0.2, 0) is 11.3 Å². The highest BCUT2D eigenvalue weighted by molar-refractivity contribution is 8.00. The summed E-state index contributed by atoms with van der Waals surface area (Å²) < 4.78 is 1.95. The first-order chi connectivity index (χ1) is 11.2. The second-order valence-electron chi connectivity index (χ2n) is 4.99. The molecule has 0 aliphatic rings. The molecule has 0 spiro atoms. The van der Waals surface area contributed by atoms with Crippen LogP contribution in [0.25, 0.3) is 11.4 Å². The third kappa shape index (κ3) is 4.41. The lowest BCUT2D eigenvalue weighted by molar-refractivity contribution is -0.120. The van der Waals surface area contributed by atoms with Crippen molar-refractivity contribution < 1.29 is 4.79 Å². The Hall–Kier alpha value is -2.15. The number of pyridine rings is 1. The third-order valence-electron chi connectivity index (χ3n) is 3.17. The predicted molar refractivity (Wildman–Crippen MR) is 92.1 cm³/mol. The highest BCUT2D eigenvalue weighted by Gasteiger charge is 2.20. The molecule has 0 bridgehead atoms. The van der Waals surface area contributed by atoms with Gasteiger partial charge in [-0.2, -0.15) is 0 Å². The number of thioether (sulfide) groups is 1. The van der Waals surface area contributed by atoms with Gasteiger partial charge >= 0.3 is 0 Å². The van der Waals surface area contributed by atoms with Gasteiger partial charge in [-0.05, 0) is 25.5 Å².